The minimum atomic E-state index is 0.322. The topological polar surface area (TPSA) is 93.7 Å². The lowest BCUT2D eigenvalue weighted by Crippen LogP contribution is -2.30. The Bertz CT molecular complexity index is 981. The highest BCUT2D eigenvalue weighted by atomic mass is 15.3. The Balaban J connectivity index is 1.55. The monoisotopic (exact) mass is 387 g/mol. The standard InChI is InChI=1S/C22H25N7/c23-21-26-14-18(20(27-21)13-15-5-6-15)19-9-12-25-22(28-19)29(16-3-1-2-4-16)17-7-10-24-11-8-17/h7-12,14-16H,1-6,13H2,(H2,23,26,27). The van der Waals surface area contributed by atoms with Crippen LogP contribution < -0.4 is 10.6 Å². The molecule has 0 radical (unpaired) electrons. The molecule has 0 saturated heterocycles. The molecule has 0 atom stereocenters. The molecular weight excluding hydrogens is 362 g/mol. The van der Waals surface area contributed by atoms with E-state index in [9.17, 15) is 0 Å². The van der Waals surface area contributed by atoms with E-state index in [0.717, 1.165) is 47.8 Å². The van der Waals surface area contributed by atoms with Crippen molar-refractivity contribution in [2.75, 3.05) is 10.6 Å². The molecule has 0 unspecified atom stereocenters. The van der Waals surface area contributed by atoms with Gasteiger partial charge < -0.3 is 10.6 Å². The van der Waals surface area contributed by atoms with Gasteiger partial charge in [-0.25, -0.2) is 19.9 Å². The second-order valence-electron chi connectivity index (χ2n) is 7.99. The number of hydrogen-bond acceptors (Lipinski definition) is 7. The SMILES string of the molecule is Nc1ncc(-c2ccnc(N(c3ccncc3)C3CCCC3)n2)c(CC2CC2)n1. The van der Waals surface area contributed by atoms with Gasteiger partial charge in [-0.05, 0) is 56.2 Å². The number of pyridine rings is 1. The Labute approximate surface area is 170 Å². The normalized spacial score (nSPS) is 16.8. The van der Waals surface area contributed by atoms with Gasteiger partial charge in [0.2, 0.25) is 11.9 Å². The predicted octanol–water partition coefficient (Wildman–Crippen LogP) is 3.94. The Kier molecular flexibility index (Phi) is 4.79. The molecule has 5 rings (SSSR count). The van der Waals surface area contributed by atoms with Gasteiger partial charge in [0, 0.05) is 42.1 Å². The lowest BCUT2D eigenvalue weighted by Gasteiger charge is -2.29. The number of nitrogens with zero attached hydrogens (tertiary/aromatic N) is 6. The van der Waals surface area contributed by atoms with Crippen LogP contribution in [-0.4, -0.2) is 31.0 Å². The van der Waals surface area contributed by atoms with Crippen molar-refractivity contribution in [2.24, 2.45) is 5.92 Å². The van der Waals surface area contributed by atoms with Gasteiger partial charge in [-0.1, -0.05) is 12.8 Å². The molecule has 3 aromatic rings. The summed E-state index contributed by atoms with van der Waals surface area (Å²) in [5, 5.41) is 0. The quantitative estimate of drug-likeness (QED) is 0.684. The predicted molar refractivity (Wildman–Crippen MR) is 113 cm³/mol. The van der Waals surface area contributed by atoms with Gasteiger partial charge in [0.25, 0.3) is 0 Å². The van der Waals surface area contributed by atoms with Gasteiger partial charge in [0.15, 0.2) is 0 Å². The maximum absolute atomic E-state index is 5.87. The summed E-state index contributed by atoms with van der Waals surface area (Å²) in [5.74, 6) is 1.74. The van der Waals surface area contributed by atoms with Crippen LogP contribution in [0.15, 0.2) is 43.0 Å². The number of nitrogens with two attached hydrogens (primary N) is 1. The summed E-state index contributed by atoms with van der Waals surface area (Å²) in [6.07, 6.45) is 15.5. The summed E-state index contributed by atoms with van der Waals surface area (Å²) >= 11 is 0. The summed E-state index contributed by atoms with van der Waals surface area (Å²) in [7, 11) is 0. The van der Waals surface area contributed by atoms with Gasteiger partial charge in [0.05, 0.1) is 11.4 Å². The molecule has 2 N–H and O–H groups in total. The first kappa shape index (κ1) is 18.0. The molecule has 3 heterocycles. The average Bonchev–Trinajstić information content (AvgIpc) is 3.40. The fraction of sp³-hybridized carbons (Fsp3) is 0.409. The maximum atomic E-state index is 5.87. The van der Waals surface area contributed by atoms with Gasteiger partial charge >= 0.3 is 0 Å². The molecule has 2 fully saturated rings. The van der Waals surface area contributed by atoms with E-state index < -0.39 is 0 Å². The van der Waals surface area contributed by atoms with E-state index in [4.69, 9.17) is 10.7 Å². The molecule has 2 saturated carbocycles. The Hall–Kier alpha value is -3.09. The van der Waals surface area contributed by atoms with Crippen molar-refractivity contribution < 1.29 is 0 Å². The third kappa shape index (κ3) is 3.90. The molecule has 2 aliphatic carbocycles. The summed E-state index contributed by atoms with van der Waals surface area (Å²) < 4.78 is 0. The first-order valence-corrected chi connectivity index (χ1v) is 10.4. The molecule has 0 spiro atoms. The third-order valence-corrected chi connectivity index (χ3v) is 5.83. The van der Waals surface area contributed by atoms with Gasteiger partial charge in [-0.3, -0.25) is 4.98 Å². The highest BCUT2D eigenvalue weighted by molar-refractivity contribution is 5.65. The van der Waals surface area contributed by atoms with Crippen molar-refractivity contribution in [2.45, 2.75) is 51.0 Å². The molecule has 0 bridgehead atoms. The summed E-state index contributed by atoms with van der Waals surface area (Å²) in [6, 6.07) is 6.40. The molecule has 0 aromatic carbocycles. The van der Waals surface area contributed by atoms with Crippen LogP contribution >= 0.6 is 0 Å². The summed E-state index contributed by atoms with van der Waals surface area (Å²) in [6.45, 7) is 0. The molecule has 0 amide bonds. The Morgan fingerprint density at radius 1 is 0.931 bits per heavy atom. The number of hydrogen-bond donors (Lipinski definition) is 1. The number of nitrogen functional groups attached to an aromatic ring is 1. The van der Waals surface area contributed by atoms with Crippen molar-refractivity contribution in [3.63, 3.8) is 0 Å². The van der Waals surface area contributed by atoms with E-state index in [1.54, 1.807) is 6.20 Å². The van der Waals surface area contributed by atoms with Gasteiger partial charge in [-0.15, -0.1) is 0 Å². The van der Waals surface area contributed by atoms with Crippen molar-refractivity contribution in [1.82, 2.24) is 24.9 Å². The van der Waals surface area contributed by atoms with Gasteiger partial charge in [0.1, 0.15) is 0 Å². The van der Waals surface area contributed by atoms with Crippen LogP contribution in [0.1, 0.15) is 44.2 Å². The minimum Gasteiger partial charge on any atom is -0.368 e. The third-order valence-electron chi connectivity index (χ3n) is 5.83. The Morgan fingerprint density at radius 2 is 1.72 bits per heavy atom. The van der Waals surface area contributed by atoms with Crippen LogP contribution in [0.2, 0.25) is 0 Å². The molecule has 2 aliphatic rings. The highest BCUT2D eigenvalue weighted by Gasteiger charge is 2.27. The first-order chi connectivity index (χ1) is 14.3. The van der Waals surface area contributed by atoms with E-state index >= 15 is 0 Å². The van der Waals surface area contributed by atoms with Crippen LogP contribution in [0.25, 0.3) is 11.3 Å². The van der Waals surface area contributed by atoms with E-state index in [1.165, 1.54) is 25.7 Å². The van der Waals surface area contributed by atoms with E-state index in [-0.39, 0.29) is 0 Å². The molecule has 29 heavy (non-hydrogen) atoms. The highest BCUT2D eigenvalue weighted by Crippen LogP contribution is 2.36. The van der Waals surface area contributed by atoms with E-state index in [1.807, 2.05) is 36.8 Å². The van der Waals surface area contributed by atoms with Crippen molar-refractivity contribution in [3.8, 4) is 11.3 Å². The molecule has 0 aliphatic heterocycles. The molecule has 7 heteroatoms. The fourth-order valence-corrected chi connectivity index (χ4v) is 4.17. The van der Waals surface area contributed by atoms with Crippen LogP contribution in [0, 0.1) is 5.92 Å². The molecule has 7 nitrogen and oxygen atoms in total. The van der Waals surface area contributed by atoms with E-state index in [2.05, 4.69) is 24.8 Å². The number of rotatable bonds is 6. The zero-order valence-electron chi connectivity index (χ0n) is 16.4. The molecular formula is C22H25N7. The lowest BCUT2D eigenvalue weighted by atomic mass is 10.1. The fourth-order valence-electron chi connectivity index (χ4n) is 4.17. The molecule has 148 valence electrons. The smallest absolute Gasteiger partial charge is 0.230 e. The van der Waals surface area contributed by atoms with Crippen molar-refractivity contribution in [1.29, 1.82) is 0 Å². The van der Waals surface area contributed by atoms with Crippen molar-refractivity contribution >= 4 is 17.6 Å². The van der Waals surface area contributed by atoms with E-state index in [0.29, 0.717) is 17.9 Å². The largest absolute Gasteiger partial charge is 0.368 e. The van der Waals surface area contributed by atoms with Gasteiger partial charge in [-0.2, -0.15) is 0 Å². The minimum absolute atomic E-state index is 0.322. The first-order valence-electron chi connectivity index (χ1n) is 10.4. The summed E-state index contributed by atoms with van der Waals surface area (Å²) in [4.78, 5) is 24.8. The number of aromatic nitrogens is 5. The second-order valence-corrected chi connectivity index (χ2v) is 7.99. The number of anilines is 3. The summed E-state index contributed by atoms with van der Waals surface area (Å²) in [5.41, 5.74) is 9.74. The van der Waals surface area contributed by atoms with Crippen LogP contribution in [0.5, 0.6) is 0 Å². The zero-order chi connectivity index (χ0) is 19.6. The average molecular weight is 387 g/mol. The zero-order valence-corrected chi connectivity index (χ0v) is 16.4. The second kappa shape index (κ2) is 7.73. The maximum Gasteiger partial charge on any atom is 0.230 e. The lowest BCUT2D eigenvalue weighted by molar-refractivity contribution is 0.663. The van der Waals surface area contributed by atoms with Crippen LogP contribution in [0.3, 0.4) is 0 Å². The molecule has 3 aromatic heterocycles. The Morgan fingerprint density at radius 3 is 2.48 bits per heavy atom. The van der Waals surface area contributed by atoms with Crippen LogP contribution in [0.4, 0.5) is 17.6 Å². The van der Waals surface area contributed by atoms with Crippen molar-refractivity contribution in [3.05, 3.63) is 48.7 Å². The van der Waals surface area contributed by atoms with Crippen LogP contribution in [-0.2, 0) is 6.42 Å².